The van der Waals surface area contributed by atoms with E-state index in [9.17, 15) is 23.1 Å². The molecule has 2 N–H and O–H groups in total. The second-order valence-electron chi connectivity index (χ2n) is 6.47. The van der Waals surface area contributed by atoms with Crippen molar-refractivity contribution in [2.75, 3.05) is 19.8 Å². The third-order valence-corrected chi connectivity index (χ3v) is 6.76. The summed E-state index contributed by atoms with van der Waals surface area (Å²) in [6.07, 6.45) is 0.600. The number of nitrogens with one attached hydrogen (secondary N) is 1. The summed E-state index contributed by atoms with van der Waals surface area (Å²) in [5, 5.41) is 11.5. The van der Waals surface area contributed by atoms with Crippen molar-refractivity contribution in [2.24, 2.45) is 5.41 Å². The van der Waals surface area contributed by atoms with Crippen LogP contribution in [0.25, 0.3) is 0 Å². The Balaban J connectivity index is 2.23. The van der Waals surface area contributed by atoms with Gasteiger partial charge in [0.25, 0.3) is 5.91 Å². The molecule has 25 heavy (non-hydrogen) atoms. The molecule has 138 valence electrons. The first-order chi connectivity index (χ1) is 11.7. The fraction of sp³-hybridized carbons (Fsp3) is 0.529. The molecule has 0 bridgehead atoms. The molecule has 1 saturated heterocycles. The number of aliphatic carboxylic acids is 1. The number of carbonyl (C=O) groups is 2. The standard InChI is InChI=1S/C17H23NO6S/c1-12(2)25(22,23)14-6-4-3-5-13(14)15(19)18-11-17(16(20)21)7-9-24-10-8-17/h3-6,12H,7-11H2,1-2H3,(H,18,19)(H,20,21). The van der Waals surface area contributed by atoms with E-state index >= 15 is 0 Å². The number of carbonyl (C=O) groups excluding carboxylic acids is 1. The van der Waals surface area contributed by atoms with Crippen molar-refractivity contribution >= 4 is 21.7 Å². The molecule has 1 fully saturated rings. The van der Waals surface area contributed by atoms with Crippen molar-refractivity contribution in [1.82, 2.24) is 5.32 Å². The van der Waals surface area contributed by atoms with Crippen molar-refractivity contribution in [1.29, 1.82) is 0 Å². The molecule has 1 aromatic carbocycles. The van der Waals surface area contributed by atoms with E-state index in [1.807, 2.05) is 0 Å². The van der Waals surface area contributed by atoms with Gasteiger partial charge >= 0.3 is 5.97 Å². The molecule has 0 spiro atoms. The maximum absolute atomic E-state index is 12.5. The van der Waals surface area contributed by atoms with Gasteiger partial charge in [-0.15, -0.1) is 0 Å². The monoisotopic (exact) mass is 369 g/mol. The van der Waals surface area contributed by atoms with Gasteiger partial charge in [0.05, 0.1) is 21.1 Å². The number of amides is 1. The van der Waals surface area contributed by atoms with Crippen LogP contribution in [0.3, 0.4) is 0 Å². The molecule has 1 heterocycles. The minimum atomic E-state index is -3.62. The third kappa shape index (κ3) is 4.01. The largest absolute Gasteiger partial charge is 0.481 e. The van der Waals surface area contributed by atoms with Crippen LogP contribution in [0.2, 0.25) is 0 Å². The molecule has 1 amide bonds. The third-order valence-electron chi connectivity index (χ3n) is 4.55. The Morgan fingerprint density at radius 3 is 2.40 bits per heavy atom. The molecule has 1 aromatic rings. The van der Waals surface area contributed by atoms with Gasteiger partial charge in [0.1, 0.15) is 0 Å². The van der Waals surface area contributed by atoms with Crippen LogP contribution in [0.5, 0.6) is 0 Å². The molecule has 8 heteroatoms. The van der Waals surface area contributed by atoms with Crippen molar-refractivity contribution in [3.63, 3.8) is 0 Å². The molecular formula is C17H23NO6S. The smallest absolute Gasteiger partial charge is 0.311 e. The predicted molar refractivity (Wildman–Crippen MR) is 91.2 cm³/mol. The van der Waals surface area contributed by atoms with Crippen molar-refractivity contribution in [3.8, 4) is 0 Å². The Kier molecular flexibility index (Phi) is 5.84. The van der Waals surface area contributed by atoms with Gasteiger partial charge in [-0.25, -0.2) is 8.42 Å². The second-order valence-corrected chi connectivity index (χ2v) is 8.94. The summed E-state index contributed by atoms with van der Waals surface area (Å²) in [5.41, 5.74) is -1.05. The van der Waals surface area contributed by atoms with Crippen LogP contribution >= 0.6 is 0 Å². The minimum Gasteiger partial charge on any atom is -0.481 e. The van der Waals surface area contributed by atoms with Gasteiger partial charge in [0.15, 0.2) is 9.84 Å². The van der Waals surface area contributed by atoms with E-state index in [1.165, 1.54) is 12.1 Å². The molecule has 2 rings (SSSR count). The molecule has 1 aliphatic rings. The number of sulfone groups is 1. The van der Waals surface area contributed by atoms with E-state index in [0.29, 0.717) is 26.1 Å². The topological polar surface area (TPSA) is 110 Å². The number of hydrogen-bond donors (Lipinski definition) is 2. The Morgan fingerprint density at radius 1 is 1.24 bits per heavy atom. The van der Waals surface area contributed by atoms with Gasteiger partial charge in [-0.3, -0.25) is 9.59 Å². The number of carboxylic acids is 1. The second kappa shape index (κ2) is 7.53. The van der Waals surface area contributed by atoms with Gasteiger partial charge in [0, 0.05) is 19.8 Å². The molecule has 0 radical (unpaired) electrons. The van der Waals surface area contributed by atoms with E-state index in [2.05, 4.69) is 5.32 Å². The maximum Gasteiger partial charge on any atom is 0.311 e. The highest BCUT2D eigenvalue weighted by Gasteiger charge is 2.40. The molecule has 7 nitrogen and oxygen atoms in total. The van der Waals surface area contributed by atoms with E-state index in [1.54, 1.807) is 26.0 Å². The average molecular weight is 369 g/mol. The lowest BCUT2D eigenvalue weighted by Gasteiger charge is -2.33. The summed E-state index contributed by atoms with van der Waals surface area (Å²) in [4.78, 5) is 24.1. The van der Waals surface area contributed by atoms with Crippen LogP contribution in [0.4, 0.5) is 0 Å². The van der Waals surface area contributed by atoms with Gasteiger partial charge in [-0.05, 0) is 38.8 Å². The van der Waals surface area contributed by atoms with Gasteiger partial charge < -0.3 is 15.2 Å². The zero-order valence-corrected chi connectivity index (χ0v) is 15.1. The number of benzene rings is 1. The van der Waals surface area contributed by atoms with E-state index in [-0.39, 0.29) is 17.0 Å². The first-order valence-electron chi connectivity index (χ1n) is 8.13. The molecule has 0 aromatic heterocycles. The van der Waals surface area contributed by atoms with Crippen LogP contribution in [-0.2, 0) is 19.4 Å². The first-order valence-corrected chi connectivity index (χ1v) is 9.67. The van der Waals surface area contributed by atoms with Crippen LogP contribution in [0, 0.1) is 5.41 Å². The van der Waals surface area contributed by atoms with Gasteiger partial charge in [-0.1, -0.05) is 12.1 Å². The number of ether oxygens (including phenoxy) is 1. The van der Waals surface area contributed by atoms with E-state index in [0.717, 1.165) is 0 Å². The lowest BCUT2D eigenvalue weighted by Crippen LogP contribution is -2.46. The van der Waals surface area contributed by atoms with Crippen LogP contribution in [0.1, 0.15) is 37.0 Å². The maximum atomic E-state index is 12.5. The summed E-state index contributed by atoms with van der Waals surface area (Å²) in [6, 6.07) is 5.96. The van der Waals surface area contributed by atoms with Gasteiger partial charge in [0.2, 0.25) is 0 Å². The average Bonchev–Trinajstić information content (AvgIpc) is 2.60. The van der Waals surface area contributed by atoms with Crippen molar-refractivity contribution in [3.05, 3.63) is 29.8 Å². The van der Waals surface area contributed by atoms with Crippen LogP contribution < -0.4 is 5.32 Å². The lowest BCUT2D eigenvalue weighted by atomic mass is 9.80. The van der Waals surface area contributed by atoms with Crippen molar-refractivity contribution < 1.29 is 27.9 Å². The van der Waals surface area contributed by atoms with Crippen LogP contribution in [-0.4, -0.2) is 50.4 Å². The number of hydrogen-bond acceptors (Lipinski definition) is 5. The summed E-state index contributed by atoms with van der Waals surface area (Å²) < 4.78 is 30.1. The zero-order valence-electron chi connectivity index (χ0n) is 14.3. The summed E-state index contributed by atoms with van der Waals surface area (Å²) >= 11 is 0. The molecule has 0 saturated carbocycles. The summed E-state index contributed by atoms with van der Waals surface area (Å²) in [5.74, 6) is -1.58. The normalized spacial score (nSPS) is 17.2. The first kappa shape index (κ1) is 19.4. The fourth-order valence-electron chi connectivity index (χ4n) is 2.73. The molecule has 0 unspecified atom stereocenters. The predicted octanol–water partition coefficient (Wildman–Crippen LogP) is 1.48. The molecule has 0 aliphatic carbocycles. The Hall–Kier alpha value is -1.93. The molecule has 1 aliphatic heterocycles. The SMILES string of the molecule is CC(C)S(=O)(=O)c1ccccc1C(=O)NCC1(C(=O)O)CCOCC1. The highest BCUT2D eigenvalue weighted by atomic mass is 32.2. The molecule has 0 atom stereocenters. The highest BCUT2D eigenvalue weighted by molar-refractivity contribution is 7.92. The minimum absolute atomic E-state index is 0.0313. The lowest BCUT2D eigenvalue weighted by molar-refractivity contribution is -0.154. The number of rotatable bonds is 6. The van der Waals surface area contributed by atoms with Gasteiger partial charge in [-0.2, -0.15) is 0 Å². The Bertz CT molecular complexity index is 750. The summed E-state index contributed by atoms with van der Waals surface area (Å²) in [7, 11) is -3.62. The Labute approximate surface area is 147 Å². The zero-order chi connectivity index (χ0) is 18.7. The molecular weight excluding hydrogens is 346 g/mol. The van der Waals surface area contributed by atoms with E-state index in [4.69, 9.17) is 4.74 Å². The quantitative estimate of drug-likeness (QED) is 0.786. The van der Waals surface area contributed by atoms with E-state index < -0.39 is 32.4 Å². The fourth-order valence-corrected chi connectivity index (χ4v) is 3.97. The van der Waals surface area contributed by atoms with Crippen LogP contribution in [0.15, 0.2) is 29.2 Å². The number of carboxylic acid groups (broad SMARTS) is 1. The Morgan fingerprint density at radius 2 is 1.84 bits per heavy atom. The highest BCUT2D eigenvalue weighted by Crippen LogP contribution is 2.30. The summed E-state index contributed by atoms with van der Waals surface area (Å²) in [6.45, 7) is 3.67. The van der Waals surface area contributed by atoms with Crippen molar-refractivity contribution in [2.45, 2.75) is 36.8 Å².